The van der Waals surface area contributed by atoms with E-state index in [1.807, 2.05) is 16.8 Å². The molecule has 2 aliphatic carbocycles. The Balaban J connectivity index is 1.41. The van der Waals surface area contributed by atoms with Crippen LogP contribution in [-0.4, -0.2) is 45.8 Å². The van der Waals surface area contributed by atoms with Crippen molar-refractivity contribution in [1.29, 1.82) is 0 Å². The summed E-state index contributed by atoms with van der Waals surface area (Å²) in [7, 11) is 1.71. The fourth-order valence-electron chi connectivity index (χ4n) is 4.48. The minimum atomic E-state index is 0.430. The largest absolute Gasteiger partial charge is 0.495 e. The van der Waals surface area contributed by atoms with Gasteiger partial charge in [-0.05, 0) is 68.7 Å². The molecule has 30 heavy (non-hydrogen) atoms. The molecule has 156 valence electrons. The number of fused-ring (bicyclic) bond motifs is 1. The van der Waals surface area contributed by atoms with Crippen LogP contribution in [0.4, 0.5) is 5.82 Å². The molecule has 1 saturated heterocycles. The Bertz CT molecular complexity index is 1080. The summed E-state index contributed by atoms with van der Waals surface area (Å²) < 4.78 is 7.53. The second-order valence-corrected chi connectivity index (χ2v) is 8.92. The highest BCUT2D eigenvalue weighted by Gasteiger charge is 2.30. The minimum Gasteiger partial charge on any atom is -0.495 e. The quantitative estimate of drug-likeness (QED) is 0.652. The van der Waals surface area contributed by atoms with Gasteiger partial charge in [0.15, 0.2) is 5.65 Å². The normalized spacial score (nSPS) is 21.7. The number of nitrogens with zero attached hydrogens (tertiary/aromatic N) is 4. The Morgan fingerprint density at radius 2 is 1.97 bits per heavy atom. The topological polar surface area (TPSA) is 76.4 Å². The molecule has 3 aliphatic rings. The maximum absolute atomic E-state index is 5.58. The summed E-state index contributed by atoms with van der Waals surface area (Å²) in [6.07, 6.45) is 9.17. The van der Waals surface area contributed by atoms with Crippen molar-refractivity contribution in [2.24, 2.45) is 0 Å². The van der Waals surface area contributed by atoms with Crippen molar-refractivity contribution in [3.63, 3.8) is 0 Å². The maximum Gasteiger partial charge on any atom is 0.157 e. The monoisotopic (exact) mass is 404 g/mol. The first-order valence-corrected chi connectivity index (χ1v) is 11.2. The van der Waals surface area contributed by atoms with Gasteiger partial charge < -0.3 is 15.4 Å². The molecule has 7 heteroatoms. The first-order valence-electron chi connectivity index (χ1n) is 11.2. The number of ether oxygens (including phenoxy) is 1. The molecule has 3 fully saturated rings. The molecule has 0 spiro atoms. The predicted molar refractivity (Wildman–Crippen MR) is 116 cm³/mol. The van der Waals surface area contributed by atoms with E-state index in [0.717, 1.165) is 47.4 Å². The highest BCUT2D eigenvalue weighted by molar-refractivity contribution is 5.64. The zero-order valence-corrected chi connectivity index (χ0v) is 17.4. The molecule has 1 unspecified atom stereocenters. The molecule has 7 nitrogen and oxygen atoms in total. The molecular formula is C23H28N6O. The van der Waals surface area contributed by atoms with Crippen LogP contribution in [0.3, 0.4) is 0 Å². The predicted octanol–water partition coefficient (Wildman–Crippen LogP) is 3.72. The molecule has 3 aromatic heterocycles. The van der Waals surface area contributed by atoms with Gasteiger partial charge in [-0.2, -0.15) is 5.10 Å². The van der Waals surface area contributed by atoms with Crippen molar-refractivity contribution < 1.29 is 4.74 Å². The van der Waals surface area contributed by atoms with Crippen LogP contribution in [0.25, 0.3) is 17.0 Å². The summed E-state index contributed by atoms with van der Waals surface area (Å²) in [5.74, 6) is 2.97. The van der Waals surface area contributed by atoms with Crippen molar-refractivity contribution in [3.05, 3.63) is 35.7 Å². The van der Waals surface area contributed by atoms with E-state index in [0.29, 0.717) is 17.9 Å². The van der Waals surface area contributed by atoms with Crippen molar-refractivity contribution in [2.75, 3.05) is 25.5 Å². The zero-order chi connectivity index (χ0) is 20.1. The second-order valence-electron chi connectivity index (χ2n) is 8.92. The molecule has 3 aromatic rings. The van der Waals surface area contributed by atoms with E-state index < -0.39 is 0 Å². The van der Waals surface area contributed by atoms with E-state index in [4.69, 9.17) is 14.8 Å². The zero-order valence-electron chi connectivity index (χ0n) is 17.4. The fraction of sp³-hybridized carbons (Fsp3) is 0.522. The van der Waals surface area contributed by atoms with Crippen LogP contribution in [0.1, 0.15) is 61.6 Å². The smallest absolute Gasteiger partial charge is 0.157 e. The number of nitrogens with one attached hydrogen (secondary N) is 2. The van der Waals surface area contributed by atoms with Crippen LogP contribution in [0.15, 0.2) is 24.4 Å². The van der Waals surface area contributed by atoms with Crippen LogP contribution < -0.4 is 15.4 Å². The summed E-state index contributed by atoms with van der Waals surface area (Å²) in [6.45, 7) is 2.10. The lowest BCUT2D eigenvalue weighted by atomic mass is 10.1. The van der Waals surface area contributed by atoms with Gasteiger partial charge in [0.2, 0.25) is 0 Å². The molecule has 4 heterocycles. The first-order chi connectivity index (χ1) is 14.8. The average molecular weight is 405 g/mol. The standard InChI is InChI=1S/C23H28N6O/c1-30-20-11-22-25-13-19(29(22)28-23(20)15-6-7-15)18-9-16(14-4-5-14)10-21(27-18)26-17-3-2-8-24-12-17/h9-11,13-15,17,24H,2-8,12H2,1H3,(H,26,27). The van der Waals surface area contributed by atoms with E-state index in [1.54, 1.807) is 7.11 Å². The minimum absolute atomic E-state index is 0.430. The lowest BCUT2D eigenvalue weighted by Crippen LogP contribution is -2.38. The van der Waals surface area contributed by atoms with Crippen LogP contribution in [0, 0.1) is 0 Å². The van der Waals surface area contributed by atoms with Crippen LogP contribution in [-0.2, 0) is 0 Å². The van der Waals surface area contributed by atoms with E-state index in [9.17, 15) is 0 Å². The first kappa shape index (κ1) is 18.1. The number of piperidine rings is 1. The number of rotatable bonds is 6. The highest BCUT2D eigenvalue weighted by Crippen LogP contribution is 2.44. The molecule has 0 aromatic carbocycles. The van der Waals surface area contributed by atoms with Crippen LogP contribution >= 0.6 is 0 Å². The number of hydrogen-bond acceptors (Lipinski definition) is 6. The summed E-state index contributed by atoms with van der Waals surface area (Å²) >= 11 is 0. The van der Waals surface area contributed by atoms with Crippen molar-refractivity contribution in [1.82, 2.24) is 24.9 Å². The van der Waals surface area contributed by atoms with Gasteiger partial charge in [0.25, 0.3) is 0 Å². The molecule has 0 bridgehead atoms. The summed E-state index contributed by atoms with van der Waals surface area (Å²) in [4.78, 5) is 9.60. The molecule has 0 amide bonds. The Labute approximate surface area is 176 Å². The van der Waals surface area contributed by atoms with Crippen LogP contribution in [0.5, 0.6) is 5.75 Å². The Morgan fingerprint density at radius 1 is 1.10 bits per heavy atom. The van der Waals surface area contributed by atoms with Gasteiger partial charge in [0.05, 0.1) is 19.0 Å². The third-order valence-electron chi connectivity index (χ3n) is 6.48. The van der Waals surface area contributed by atoms with E-state index >= 15 is 0 Å². The van der Waals surface area contributed by atoms with Crippen LogP contribution in [0.2, 0.25) is 0 Å². The summed E-state index contributed by atoms with van der Waals surface area (Å²) in [5, 5.41) is 12.1. The molecule has 1 aliphatic heterocycles. The number of aromatic nitrogens is 4. The molecular weight excluding hydrogens is 376 g/mol. The SMILES string of the molecule is COc1cc2ncc(-c3cc(C4CC4)cc(NC4CCCNC4)n3)n2nc1C1CC1. The van der Waals surface area contributed by atoms with E-state index in [-0.39, 0.29) is 0 Å². The van der Waals surface area contributed by atoms with Crippen molar-refractivity contribution in [3.8, 4) is 17.1 Å². The summed E-state index contributed by atoms with van der Waals surface area (Å²) in [6, 6.07) is 6.90. The molecule has 2 saturated carbocycles. The number of pyridine rings is 1. The molecule has 0 radical (unpaired) electrons. The van der Waals surface area contributed by atoms with Gasteiger partial charge in [0.1, 0.15) is 23.0 Å². The van der Waals surface area contributed by atoms with E-state index in [1.165, 1.54) is 44.1 Å². The number of imidazole rings is 1. The third kappa shape index (κ3) is 3.41. The van der Waals surface area contributed by atoms with Gasteiger partial charge in [0, 0.05) is 24.6 Å². The summed E-state index contributed by atoms with van der Waals surface area (Å²) in [5.41, 5.74) is 5.10. The second kappa shape index (κ2) is 7.23. The molecule has 2 N–H and O–H groups in total. The number of anilines is 1. The average Bonchev–Trinajstić information content (AvgIpc) is 3.70. The van der Waals surface area contributed by atoms with Gasteiger partial charge in [-0.25, -0.2) is 14.5 Å². The van der Waals surface area contributed by atoms with Gasteiger partial charge >= 0.3 is 0 Å². The highest BCUT2D eigenvalue weighted by atomic mass is 16.5. The fourth-order valence-corrected chi connectivity index (χ4v) is 4.48. The maximum atomic E-state index is 5.58. The molecule has 6 rings (SSSR count). The van der Waals surface area contributed by atoms with Crippen molar-refractivity contribution in [2.45, 2.75) is 56.4 Å². The Kier molecular flexibility index (Phi) is 4.37. The number of hydrogen-bond donors (Lipinski definition) is 2. The number of methoxy groups -OCH3 is 1. The Morgan fingerprint density at radius 3 is 2.70 bits per heavy atom. The third-order valence-corrected chi connectivity index (χ3v) is 6.48. The van der Waals surface area contributed by atoms with E-state index in [2.05, 4.69) is 27.8 Å². The van der Waals surface area contributed by atoms with Gasteiger partial charge in [-0.3, -0.25) is 0 Å². The lowest BCUT2D eigenvalue weighted by molar-refractivity contribution is 0.405. The van der Waals surface area contributed by atoms with Gasteiger partial charge in [-0.15, -0.1) is 0 Å². The van der Waals surface area contributed by atoms with Gasteiger partial charge in [-0.1, -0.05) is 0 Å². The Hall–Kier alpha value is -2.67. The molecule has 1 atom stereocenters. The lowest BCUT2D eigenvalue weighted by Gasteiger charge is -2.24. The van der Waals surface area contributed by atoms with Crippen molar-refractivity contribution >= 4 is 11.5 Å².